The largest absolute Gasteiger partial charge is 0.391 e. The molecule has 41 heavy (non-hydrogen) atoms. The van der Waals surface area contributed by atoms with E-state index in [0.29, 0.717) is 31.3 Å². The number of ether oxygens (including phenoxy) is 1. The van der Waals surface area contributed by atoms with Crippen molar-refractivity contribution in [3.63, 3.8) is 0 Å². The summed E-state index contributed by atoms with van der Waals surface area (Å²) in [6.07, 6.45) is 11.4. The van der Waals surface area contributed by atoms with E-state index in [9.17, 15) is 14.7 Å². The Morgan fingerprint density at radius 2 is 1.83 bits per heavy atom. The summed E-state index contributed by atoms with van der Waals surface area (Å²) < 4.78 is 6.00. The van der Waals surface area contributed by atoms with E-state index in [-0.39, 0.29) is 47.4 Å². The van der Waals surface area contributed by atoms with Gasteiger partial charge < -0.3 is 25.8 Å². The Morgan fingerprint density at radius 1 is 1.17 bits per heavy atom. The van der Waals surface area contributed by atoms with Crippen molar-refractivity contribution >= 4 is 11.8 Å². The van der Waals surface area contributed by atoms with Gasteiger partial charge in [0.2, 0.25) is 11.8 Å². The standard InChI is InChI=1S/C33H54N4O4/c1-20(2)25(31(40)35-30-23-11-22-12-24(30)16-33(14-22,15-23)41-6)13-28(38)26(34)17-36-18-29(39)37(19-32(36,4)5)27-10-8-7-9-21(27)3/h9-10,20,22-26,28,30,38H,7-8,11-19,34H2,1-6H3,(H,35,40)/t22?,23?,24?,25-,26-,28-,30?,33?/m0/s1. The maximum atomic E-state index is 13.7. The molecule has 8 nitrogen and oxygen atoms in total. The van der Waals surface area contributed by atoms with E-state index >= 15 is 0 Å². The molecule has 230 valence electrons. The molecule has 1 saturated heterocycles. The topological polar surface area (TPSA) is 108 Å². The van der Waals surface area contributed by atoms with Crippen molar-refractivity contribution in [1.29, 1.82) is 0 Å². The smallest absolute Gasteiger partial charge is 0.241 e. The second kappa shape index (κ2) is 11.7. The zero-order valence-electron chi connectivity index (χ0n) is 26.2. The van der Waals surface area contributed by atoms with E-state index in [4.69, 9.17) is 10.5 Å². The van der Waals surface area contributed by atoms with Crippen LogP contribution in [0, 0.1) is 29.6 Å². The van der Waals surface area contributed by atoms with Crippen LogP contribution in [0.2, 0.25) is 0 Å². The molecule has 6 aliphatic rings. The normalized spacial score (nSPS) is 35.2. The van der Waals surface area contributed by atoms with Crippen LogP contribution in [-0.2, 0) is 14.3 Å². The molecular formula is C33H54N4O4. The molecule has 2 unspecified atom stereocenters. The first-order chi connectivity index (χ1) is 19.3. The highest BCUT2D eigenvalue weighted by atomic mass is 16.5. The number of allylic oxidation sites excluding steroid dienone is 3. The van der Waals surface area contributed by atoms with Gasteiger partial charge >= 0.3 is 0 Å². The average Bonchev–Trinajstić information content (AvgIpc) is 2.91. The summed E-state index contributed by atoms with van der Waals surface area (Å²) in [6, 6.07) is -0.351. The molecule has 5 aliphatic carbocycles. The van der Waals surface area contributed by atoms with Crippen molar-refractivity contribution in [3.05, 3.63) is 23.4 Å². The zero-order valence-corrected chi connectivity index (χ0v) is 26.2. The number of carbonyl (C=O) groups excluding carboxylic acids is 2. The lowest BCUT2D eigenvalue weighted by Gasteiger charge is -2.59. The second-order valence-electron chi connectivity index (χ2n) is 14.9. The van der Waals surface area contributed by atoms with Crippen molar-refractivity contribution in [3.8, 4) is 0 Å². The van der Waals surface area contributed by atoms with E-state index in [2.05, 4.69) is 57.0 Å². The number of nitrogens with two attached hydrogens (primary N) is 1. The monoisotopic (exact) mass is 570 g/mol. The van der Waals surface area contributed by atoms with Gasteiger partial charge in [0.05, 0.1) is 18.2 Å². The molecule has 6 rings (SSSR count). The first-order valence-corrected chi connectivity index (χ1v) is 16.0. The highest BCUT2D eigenvalue weighted by Gasteiger charge is 2.56. The van der Waals surface area contributed by atoms with Crippen LogP contribution in [0.3, 0.4) is 0 Å². The number of amides is 2. The highest BCUT2D eigenvalue weighted by molar-refractivity contribution is 5.82. The van der Waals surface area contributed by atoms with Gasteiger partial charge in [-0.2, -0.15) is 0 Å². The van der Waals surface area contributed by atoms with E-state index in [1.807, 2.05) is 12.0 Å². The average molecular weight is 571 g/mol. The number of hydrogen-bond donors (Lipinski definition) is 3. The Labute approximate surface area is 247 Å². The molecule has 5 atom stereocenters. The van der Waals surface area contributed by atoms with Crippen molar-refractivity contribution in [2.45, 2.75) is 115 Å². The van der Waals surface area contributed by atoms with Crippen LogP contribution in [0.1, 0.15) is 86.0 Å². The van der Waals surface area contributed by atoms with Crippen molar-refractivity contribution in [2.24, 2.45) is 35.3 Å². The molecule has 4 saturated carbocycles. The molecule has 0 aromatic heterocycles. The molecule has 0 aromatic rings. The summed E-state index contributed by atoms with van der Waals surface area (Å²) in [4.78, 5) is 30.9. The van der Waals surface area contributed by atoms with E-state index in [1.54, 1.807) is 0 Å². The Bertz CT molecular complexity index is 1050. The van der Waals surface area contributed by atoms with Crippen LogP contribution < -0.4 is 11.1 Å². The lowest BCUT2D eigenvalue weighted by molar-refractivity contribution is -0.162. The van der Waals surface area contributed by atoms with Gasteiger partial charge in [-0.3, -0.25) is 14.5 Å². The number of aliphatic hydroxyl groups is 1. The molecule has 2 amide bonds. The molecule has 0 radical (unpaired) electrons. The summed E-state index contributed by atoms with van der Waals surface area (Å²) in [7, 11) is 1.85. The summed E-state index contributed by atoms with van der Waals surface area (Å²) in [5, 5.41) is 14.7. The predicted molar refractivity (Wildman–Crippen MR) is 161 cm³/mol. The number of hydrogen-bond acceptors (Lipinski definition) is 6. The van der Waals surface area contributed by atoms with Gasteiger partial charge in [0.15, 0.2) is 0 Å². The number of nitrogens with one attached hydrogen (secondary N) is 1. The second-order valence-corrected chi connectivity index (χ2v) is 14.9. The molecule has 5 fully saturated rings. The predicted octanol–water partition coefficient (Wildman–Crippen LogP) is 3.59. The third kappa shape index (κ3) is 6.17. The molecule has 0 spiro atoms. The minimum Gasteiger partial charge on any atom is -0.391 e. The molecule has 1 aliphatic heterocycles. The number of carbonyl (C=O) groups is 2. The molecule has 8 heteroatoms. The maximum absolute atomic E-state index is 13.7. The number of methoxy groups -OCH3 is 1. The lowest BCUT2D eigenvalue weighted by atomic mass is 9.52. The van der Waals surface area contributed by atoms with Crippen LogP contribution in [0.15, 0.2) is 23.4 Å². The third-order valence-electron chi connectivity index (χ3n) is 11.2. The molecule has 0 aromatic carbocycles. The van der Waals surface area contributed by atoms with Gasteiger partial charge in [-0.1, -0.05) is 26.0 Å². The van der Waals surface area contributed by atoms with Crippen molar-refractivity contribution < 1.29 is 19.4 Å². The lowest BCUT2D eigenvalue weighted by Crippen LogP contribution is -2.64. The van der Waals surface area contributed by atoms with Crippen molar-refractivity contribution in [1.82, 2.24) is 15.1 Å². The van der Waals surface area contributed by atoms with Crippen LogP contribution in [0.5, 0.6) is 0 Å². The number of rotatable bonds is 10. The fourth-order valence-corrected chi connectivity index (χ4v) is 8.88. The van der Waals surface area contributed by atoms with Gasteiger partial charge in [-0.25, -0.2) is 0 Å². The van der Waals surface area contributed by atoms with Gasteiger partial charge in [-0.05, 0) is 101 Å². The van der Waals surface area contributed by atoms with E-state index < -0.39 is 12.1 Å². The Balaban J connectivity index is 1.18. The Kier molecular flexibility index (Phi) is 8.79. The quantitative estimate of drug-likeness (QED) is 0.371. The van der Waals surface area contributed by atoms with Crippen LogP contribution in [-0.4, -0.2) is 82.8 Å². The minimum atomic E-state index is -0.835. The third-order valence-corrected chi connectivity index (χ3v) is 11.2. The fourth-order valence-electron chi connectivity index (χ4n) is 8.88. The van der Waals surface area contributed by atoms with Crippen LogP contribution in [0.25, 0.3) is 0 Å². The first kappa shape index (κ1) is 30.7. The van der Waals surface area contributed by atoms with Crippen molar-refractivity contribution in [2.75, 3.05) is 26.7 Å². The fraction of sp³-hybridized carbons (Fsp3) is 0.818. The molecule has 4 N–H and O–H groups in total. The first-order valence-electron chi connectivity index (χ1n) is 16.0. The maximum Gasteiger partial charge on any atom is 0.241 e. The van der Waals surface area contributed by atoms with Gasteiger partial charge in [-0.15, -0.1) is 0 Å². The molecule has 1 heterocycles. The summed E-state index contributed by atoms with van der Waals surface area (Å²) in [6.45, 7) is 11.7. The number of nitrogens with zero attached hydrogens (tertiary/aromatic N) is 2. The summed E-state index contributed by atoms with van der Waals surface area (Å²) in [5.74, 6) is 1.56. The minimum absolute atomic E-state index is 0.0155. The van der Waals surface area contributed by atoms with Gasteiger partial charge in [0, 0.05) is 49.4 Å². The van der Waals surface area contributed by atoms with Gasteiger partial charge in [0.1, 0.15) is 0 Å². The molecular weight excluding hydrogens is 516 g/mol. The van der Waals surface area contributed by atoms with E-state index in [1.165, 1.54) is 19.3 Å². The SMILES string of the molecule is COC12CC3CC(C1)C(NC(=O)[C@@H](C[C@H](O)[C@@H](N)CN1CC(=O)N(C4=CCCC=C4C)CC1(C)C)C(C)C)C(C3)C2. The number of aliphatic hydroxyl groups excluding tert-OH is 1. The molecule has 4 bridgehead atoms. The van der Waals surface area contributed by atoms with E-state index in [0.717, 1.165) is 42.9 Å². The Hall–Kier alpha value is -1.74. The van der Waals surface area contributed by atoms with Crippen LogP contribution in [0.4, 0.5) is 0 Å². The van der Waals surface area contributed by atoms with Crippen LogP contribution >= 0.6 is 0 Å². The zero-order chi connectivity index (χ0) is 29.7. The number of piperazine rings is 1. The highest BCUT2D eigenvalue weighted by Crippen LogP contribution is 2.57. The van der Waals surface area contributed by atoms with Gasteiger partial charge in [0.25, 0.3) is 0 Å². The Morgan fingerprint density at radius 3 is 2.44 bits per heavy atom. The summed E-state index contributed by atoms with van der Waals surface area (Å²) >= 11 is 0. The summed E-state index contributed by atoms with van der Waals surface area (Å²) in [5.41, 5.74) is 8.50.